The molecule has 0 fully saturated rings. The topological polar surface area (TPSA) is 35.5 Å². The van der Waals surface area contributed by atoms with E-state index in [1.54, 1.807) is 0 Å². The summed E-state index contributed by atoms with van der Waals surface area (Å²) in [6.07, 6.45) is 0.764. The summed E-state index contributed by atoms with van der Waals surface area (Å²) in [6, 6.07) is 5.86. The predicted molar refractivity (Wildman–Crippen MR) is 67.3 cm³/mol. The Labute approximate surface area is 103 Å². The fourth-order valence-corrected chi connectivity index (χ4v) is 1.44. The van der Waals surface area contributed by atoms with Crippen LogP contribution in [0.5, 0.6) is 5.75 Å². The number of benzene rings is 1. The van der Waals surface area contributed by atoms with E-state index in [2.05, 4.69) is 0 Å². The van der Waals surface area contributed by atoms with Crippen LogP contribution in [0.1, 0.15) is 31.4 Å². The molecule has 3 heteroatoms. The second-order valence-electron chi connectivity index (χ2n) is 4.27. The van der Waals surface area contributed by atoms with Crippen LogP contribution < -0.4 is 4.74 Å². The summed E-state index contributed by atoms with van der Waals surface area (Å²) in [5.41, 5.74) is 2.21. The number of rotatable bonds is 5. The monoisotopic (exact) mass is 236 g/mol. The Kier molecular flexibility index (Phi) is 5.01. The second-order valence-corrected chi connectivity index (χ2v) is 4.27. The first-order valence-electron chi connectivity index (χ1n) is 5.92. The van der Waals surface area contributed by atoms with Crippen molar-refractivity contribution in [3.8, 4) is 5.75 Å². The Bertz CT molecular complexity index is 385. The predicted octanol–water partition coefficient (Wildman–Crippen LogP) is 3.02. The average Bonchev–Trinajstić information content (AvgIpc) is 2.27. The molecule has 1 aromatic rings. The van der Waals surface area contributed by atoms with Gasteiger partial charge in [0.25, 0.3) is 0 Å². The Morgan fingerprint density at radius 3 is 2.65 bits per heavy atom. The highest BCUT2D eigenvalue weighted by Gasteiger charge is 2.09. The van der Waals surface area contributed by atoms with E-state index in [1.165, 1.54) is 5.56 Å². The van der Waals surface area contributed by atoms with Gasteiger partial charge >= 0.3 is 5.97 Å². The minimum absolute atomic E-state index is 0.0335. The molecule has 0 saturated heterocycles. The molecule has 1 atom stereocenters. The summed E-state index contributed by atoms with van der Waals surface area (Å²) < 4.78 is 10.5. The molecular weight excluding hydrogens is 216 g/mol. The fraction of sp³-hybridized carbons (Fsp3) is 0.500. The van der Waals surface area contributed by atoms with Crippen LogP contribution in [-0.2, 0) is 9.53 Å². The van der Waals surface area contributed by atoms with E-state index >= 15 is 0 Å². The molecule has 0 aliphatic heterocycles. The maximum atomic E-state index is 11.4. The lowest BCUT2D eigenvalue weighted by Gasteiger charge is -2.12. The largest absolute Gasteiger partial charge is 0.482 e. The van der Waals surface area contributed by atoms with Gasteiger partial charge < -0.3 is 9.47 Å². The summed E-state index contributed by atoms with van der Waals surface area (Å²) in [7, 11) is 0. The summed E-state index contributed by atoms with van der Waals surface area (Å²) in [5, 5.41) is 0. The van der Waals surface area contributed by atoms with E-state index in [4.69, 9.17) is 9.47 Å². The van der Waals surface area contributed by atoms with E-state index in [9.17, 15) is 4.79 Å². The van der Waals surface area contributed by atoms with Crippen molar-refractivity contribution in [2.75, 3.05) is 6.61 Å². The van der Waals surface area contributed by atoms with Crippen molar-refractivity contribution < 1.29 is 14.3 Å². The van der Waals surface area contributed by atoms with E-state index in [0.29, 0.717) is 0 Å². The standard InChI is InChI=1S/C14H20O3/c1-5-12(4)17-14(15)9-16-13-7-6-10(2)8-11(13)3/h6-8,12H,5,9H2,1-4H3. The van der Waals surface area contributed by atoms with Gasteiger partial charge in [-0.05, 0) is 38.8 Å². The van der Waals surface area contributed by atoms with Gasteiger partial charge in [-0.15, -0.1) is 0 Å². The number of ether oxygens (including phenoxy) is 2. The molecule has 0 aliphatic rings. The van der Waals surface area contributed by atoms with Crippen LogP contribution in [0.3, 0.4) is 0 Å². The minimum atomic E-state index is -0.320. The molecule has 17 heavy (non-hydrogen) atoms. The number of hydrogen-bond acceptors (Lipinski definition) is 3. The average molecular weight is 236 g/mol. The maximum Gasteiger partial charge on any atom is 0.344 e. The molecule has 3 nitrogen and oxygen atoms in total. The summed E-state index contributed by atoms with van der Waals surface area (Å²) in [4.78, 5) is 11.4. The number of aryl methyl sites for hydroxylation is 2. The van der Waals surface area contributed by atoms with Gasteiger partial charge in [0.15, 0.2) is 6.61 Å². The van der Waals surface area contributed by atoms with Crippen LogP contribution in [0, 0.1) is 13.8 Å². The first kappa shape index (κ1) is 13.6. The van der Waals surface area contributed by atoms with E-state index in [0.717, 1.165) is 17.7 Å². The molecule has 94 valence electrons. The quantitative estimate of drug-likeness (QED) is 0.737. The second kappa shape index (κ2) is 6.28. The van der Waals surface area contributed by atoms with Crippen molar-refractivity contribution in [3.63, 3.8) is 0 Å². The summed E-state index contributed by atoms with van der Waals surface area (Å²) in [5.74, 6) is 0.413. The number of carbonyl (C=O) groups is 1. The van der Waals surface area contributed by atoms with Gasteiger partial charge in [-0.3, -0.25) is 0 Å². The molecule has 0 amide bonds. The van der Waals surface area contributed by atoms with E-state index in [-0.39, 0.29) is 18.7 Å². The third kappa shape index (κ3) is 4.47. The molecule has 1 aromatic carbocycles. The molecule has 0 bridgehead atoms. The molecule has 0 aromatic heterocycles. The Balaban J connectivity index is 2.47. The van der Waals surface area contributed by atoms with Crippen molar-refractivity contribution in [2.45, 2.75) is 40.2 Å². The molecule has 0 aliphatic carbocycles. The Hall–Kier alpha value is -1.51. The van der Waals surface area contributed by atoms with Gasteiger partial charge in [0.2, 0.25) is 0 Å². The molecule has 0 saturated carbocycles. The normalized spacial score (nSPS) is 12.0. The van der Waals surface area contributed by atoms with Crippen molar-refractivity contribution in [3.05, 3.63) is 29.3 Å². The first-order chi connectivity index (χ1) is 8.02. The van der Waals surface area contributed by atoms with Crippen LogP contribution in [0.25, 0.3) is 0 Å². The molecular formula is C14H20O3. The SMILES string of the molecule is CCC(C)OC(=O)COc1ccc(C)cc1C. The molecule has 0 spiro atoms. The summed E-state index contributed by atoms with van der Waals surface area (Å²) >= 11 is 0. The maximum absolute atomic E-state index is 11.4. The van der Waals surface area contributed by atoms with Gasteiger partial charge in [-0.25, -0.2) is 4.79 Å². The molecule has 0 radical (unpaired) electrons. The first-order valence-corrected chi connectivity index (χ1v) is 5.92. The van der Waals surface area contributed by atoms with Crippen LogP contribution in [0.2, 0.25) is 0 Å². The highest BCUT2D eigenvalue weighted by atomic mass is 16.6. The lowest BCUT2D eigenvalue weighted by Crippen LogP contribution is -2.20. The highest BCUT2D eigenvalue weighted by molar-refractivity contribution is 5.71. The van der Waals surface area contributed by atoms with Crippen molar-refractivity contribution in [1.29, 1.82) is 0 Å². The van der Waals surface area contributed by atoms with Crippen molar-refractivity contribution >= 4 is 5.97 Å². The van der Waals surface area contributed by atoms with E-state index in [1.807, 2.05) is 45.9 Å². The zero-order chi connectivity index (χ0) is 12.8. The Morgan fingerprint density at radius 2 is 2.06 bits per heavy atom. The molecule has 0 heterocycles. The van der Waals surface area contributed by atoms with Crippen LogP contribution in [-0.4, -0.2) is 18.7 Å². The number of esters is 1. The van der Waals surface area contributed by atoms with Gasteiger partial charge in [-0.1, -0.05) is 24.6 Å². The lowest BCUT2D eigenvalue weighted by molar-refractivity contribution is -0.150. The van der Waals surface area contributed by atoms with Gasteiger partial charge in [0.1, 0.15) is 5.75 Å². The van der Waals surface area contributed by atoms with Crippen molar-refractivity contribution in [1.82, 2.24) is 0 Å². The van der Waals surface area contributed by atoms with Crippen LogP contribution in [0.4, 0.5) is 0 Å². The fourth-order valence-electron chi connectivity index (χ4n) is 1.44. The molecule has 1 unspecified atom stereocenters. The zero-order valence-electron chi connectivity index (χ0n) is 10.9. The lowest BCUT2D eigenvalue weighted by atomic mass is 10.1. The van der Waals surface area contributed by atoms with Gasteiger partial charge in [0, 0.05) is 0 Å². The third-order valence-corrected chi connectivity index (χ3v) is 2.58. The van der Waals surface area contributed by atoms with Crippen LogP contribution in [0.15, 0.2) is 18.2 Å². The molecule has 0 N–H and O–H groups in total. The van der Waals surface area contributed by atoms with Crippen molar-refractivity contribution in [2.24, 2.45) is 0 Å². The highest BCUT2D eigenvalue weighted by Crippen LogP contribution is 2.18. The Morgan fingerprint density at radius 1 is 1.35 bits per heavy atom. The van der Waals surface area contributed by atoms with Gasteiger partial charge in [-0.2, -0.15) is 0 Å². The zero-order valence-corrected chi connectivity index (χ0v) is 10.9. The van der Waals surface area contributed by atoms with E-state index < -0.39 is 0 Å². The molecule has 1 rings (SSSR count). The number of hydrogen-bond donors (Lipinski definition) is 0. The van der Waals surface area contributed by atoms with Crippen LogP contribution >= 0.6 is 0 Å². The number of carbonyl (C=O) groups excluding carboxylic acids is 1. The van der Waals surface area contributed by atoms with Gasteiger partial charge in [0.05, 0.1) is 6.10 Å². The summed E-state index contributed by atoms with van der Waals surface area (Å²) in [6.45, 7) is 7.79. The third-order valence-electron chi connectivity index (χ3n) is 2.58. The minimum Gasteiger partial charge on any atom is -0.482 e. The smallest absolute Gasteiger partial charge is 0.344 e.